The third kappa shape index (κ3) is 1.83. The molecule has 0 saturated carbocycles. The van der Waals surface area contributed by atoms with Gasteiger partial charge in [-0.3, -0.25) is 10.1 Å². The number of nitrogens with zero attached hydrogens (tertiary/aromatic N) is 2. The molecule has 0 spiro atoms. The lowest BCUT2D eigenvalue weighted by Crippen LogP contribution is -2.23. The summed E-state index contributed by atoms with van der Waals surface area (Å²) in [7, 11) is -3.49. The number of carbonyl (C=O) groups is 1. The quantitative estimate of drug-likeness (QED) is 0.757. The van der Waals surface area contributed by atoms with Gasteiger partial charge in [-0.15, -0.1) is 0 Å². The maximum Gasteiger partial charge on any atom is 0.325 e. The van der Waals surface area contributed by atoms with Crippen LogP contribution in [0.15, 0.2) is 0 Å². The number of rotatable bonds is 3. The number of fused-ring (bicyclic) bond motifs is 1. The molecule has 0 aliphatic carbocycles. The molecule has 1 aliphatic rings. The van der Waals surface area contributed by atoms with Crippen molar-refractivity contribution in [2.75, 3.05) is 6.26 Å². The summed E-state index contributed by atoms with van der Waals surface area (Å²) in [6.07, 6.45) is 1.55. The topological polar surface area (TPSA) is 101 Å². The van der Waals surface area contributed by atoms with E-state index in [1.165, 1.54) is 0 Å². The predicted octanol–water partition coefficient (Wildman–Crippen LogP) is -0.518. The molecule has 2 N–H and O–H groups in total. The number of aliphatic carboxylic acids is 1. The van der Waals surface area contributed by atoms with Crippen LogP contribution >= 0.6 is 0 Å². The highest BCUT2D eigenvalue weighted by atomic mass is 32.2. The normalized spacial score (nSPS) is 19.3. The summed E-state index contributed by atoms with van der Waals surface area (Å²) in [6, 6.07) is -0.865. The van der Waals surface area contributed by atoms with Gasteiger partial charge in [0.2, 0.25) is 0 Å². The summed E-state index contributed by atoms with van der Waals surface area (Å²) in [5, 5.41) is 15.8. The van der Waals surface area contributed by atoms with E-state index in [1.54, 1.807) is 0 Å². The third-order valence-corrected chi connectivity index (χ3v) is 3.65. The van der Waals surface area contributed by atoms with E-state index in [0.29, 0.717) is 23.4 Å². The molecule has 1 aromatic rings. The van der Waals surface area contributed by atoms with Crippen molar-refractivity contribution in [1.29, 1.82) is 0 Å². The largest absolute Gasteiger partial charge is 0.480 e. The van der Waals surface area contributed by atoms with Crippen LogP contribution in [-0.2, 0) is 27.8 Å². The van der Waals surface area contributed by atoms with Crippen molar-refractivity contribution < 1.29 is 18.3 Å². The van der Waals surface area contributed by atoms with Crippen molar-refractivity contribution in [2.45, 2.75) is 25.9 Å². The van der Waals surface area contributed by atoms with E-state index >= 15 is 0 Å². The summed E-state index contributed by atoms with van der Waals surface area (Å²) in [5.41, 5.74) is 1.44. The molecule has 0 aromatic carbocycles. The Morgan fingerprint density at radius 1 is 1.65 bits per heavy atom. The number of carboxylic acids is 1. The molecule has 0 amide bonds. The van der Waals surface area contributed by atoms with E-state index in [0.717, 1.165) is 10.3 Å². The van der Waals surface area contributed by atoms with Crippen LogP contribution in [0.4, 0.5) is 0 Å². The molecule has 0 bridgehead atoms. The SMILES string of the molecule is CCc1nn(S(C)(=O)=O)c2c1C(C(=O)O)NC2. The fourth-order valence-electron chi connectivity index (χ4n) is 2.04. The lowest BCUT2D eigenvalue weighted by Gasteiger charge is -2.05. The maximum absolute atomic E-state index is 11.5. The Morgan fingerprint density at radius 2 is 2.29 bits per heavy atom. The third-order valence-electron chi connectivity index (χ3n) is 2.72. The minimum atomic E-state index is -3.49. The summed E-state index contributed by atoms with van der Waals surface area (Å²) in [5.74, 6) is -1.02. The summed E-state index contributed by atoms with van der Waals surface area (Å²) < 4.78 is 24.0. The first-order valence-corrected chi connectivity index (χ1v) is 6.98. The minimum Gasteiger partial charge on any atom is -0.480 e. The average molecular weight is 259 g/mol. The van der Waals surface area contributed by atoms with Crippen molar-refractivity contribution in [3.63, 3.8) is 0 Å². The zero-order chi connectivity index (χ0) is 12.8. The van der Waals surface area contributed by atoms with E-state index in [9.17, 15) is 13.2 Å². The van der Waals surface area contributed by atoms with Gasteiger partial charge in [-0.05, 0) is 6.42 Å². The monoisotopic (exact) mass is 259 g/mol. The van der Waals surface area contributed by atoms with Crippen LogP contribution in [0, 0.1) is 0 Å². The van der Waals surface area contributed by atoms with Gasteiger partial charge in [0.15, 0.2) is 0 Å². The van der Waals surface area contributed by atoms with Crippen molar-refractivity contribution in [3.05, 3.63) is 17.0 Å². The molecular weight excluding hydrogens is 246 g/mol. The Bertz CT molecular complexity index is 575. The highest BCUT2D eigenvalue weighted by Gasteiger charge is 2.36. The van der Waals surface area contributed by atoms with Gasteiger partial charge in [-0.2, -0.15) is 9.19 Å². The first-order chi connectivity index (χ1) is 7.86. The van der Waals surface area contributed by atoms with E-state index in [1.807, 2.05) is 6.92 Å². The average Bonchev–Trinajstić information content (AvgIpc) is 2.72. The Hall–Kier alpha value is -1.41. The van der Waals surface area contributed by atoms with E-state index < -0.39 is 22.0 Å². The van der Waals surface area contributed by atoms with Crippen LogP contribution in [0.2, 0.25) is 0 Å². The molecule has 0 radical (unpaired) electrons. The number of nitrogens with one attached hydrogen (secondary N) is 1. The molecule has 94 valence electrons. The first-order valence-electron chi connectivity index (χ1n) is 5.13. The van der Waals surface area contributed by atoms with Gasteiger partial charge in [0.25, 0.3) is 10.0 Å². The standard InChI is InChI=1S/C9H13N3O4S/c1-3-5-7-6(4-10-8(7)9(13)14)12(11-5)17(2,15)16/h8,10H,3-4H2,1-2H3,(H,13,14). The Morgan fingerprint density at radius 3 is 2.76 bits per heavy atom. The van der Waals surface area contributed by atoms with Gasteiger partial charge in [0.05, 0.1) is 17.6 Å². The predicted molar refractivity (Wildman–Crippen MR) is 59.1 cm³/mol. The molecular formula is C9H13N3O4S. The van der Waals surface area contributed by atoms with E-state index in [-0.39, 0.29) is 6.54 Å². The van der Waals surface area contributed by atoms with Crippen molar-refractivity contribution in [3.8, 4) is 0 Å². The number of hydrogen-bond acceptors (Lipinski definition) is 5. The second kappa shape index (κ2) is 3.81. The molecule has 7 nitrogen and oxygen atoms in total. The van der Waals surface area contributed by atoms with Gasteiger partial charge in [0.1, 0.15) is 6.04 Å². The van der Waals surface area contributed by atoms with Crippen LogP contribution < -0.4 is 5.32 Å². The Labute approximate surface area is 98.5 Å². The zero-order valence-electron chi connectivity index (χ0n) is 9.47. The van der Waals surface area contributed by atoms with Crippen molar-refractivity contribution >= 4 is 16.0 Å². The van der Waals surface area contributed by atoms with Crippen LogP contribution in [0.1, 0.15) is 29.9 Å². The second-order valence-corrected chi connectivity index (χ2v) is 5.73. The Balaban J connectivity index is 2.65. The van der Waals surface area contributed by atoms with Gasteiger partial charge in [-0.25, -0.2) is 8.42 Å². The van der Waals surface area contributed by atoms with E-state index in [4.69, 9.17) is 5.11 Å². The van der Waals surface area contributed by atoms with Gasteiger partial charge in [0, 0.05) is 12.1 Å². The van der Waals surface area contributed by atoms with Crippen molar-refractivity contribution in [2.24, 2.45) is 0 Å². The van der Waals surface area contributed by atoms with Crippen LogP contribution in [0.25, 0.3) is 0 Å². The molecule has 2 heterocycles. The minimum absolute atomic E-state index is 0.201. The maximum atomic E-state index is 11.5. The van der Waals surface area contributed by atoms with Crippen LogP contribution in [0.5, 0.6) is 0 Å². The highest BCUT2D eigenvalue weighted by molar-refractivity contribution is 7.89. The number of aromatic nitrogens is 2. The van der Waals surface area contributed by atoms with Crippen LogP contribution in [-0.4, -0.2) is 34.9 Å². The fourth-order valence-corrected chi connectivity index (χ4v) is 2.85. The van der Waals surface area contributed by atoms with Gasteiger partial charge >= 0.3 is 5.97 Å². The molecule has 1 aliphatic heterocycles. The molecule has 1 aromatic heterocycles. The lowest BCUT2D eigenvalue weighted by atomic mass is 10.1. The lowest BCUT2D eigenvalue weighted by molar-refractivity contribution is -0.139. The number of carboxylic acid groups (broad SMARTS) is 1. The van der Waals surface area contributed by atoms with E-state index in [2.05, 4.69) is 10.4 Å². The van der Waals surface area contributed by atoms with Gasteiger partial charge in [-0.1, -0.05) is 6.92 Å². The van der Waals surface area contributed by atoms with Gasteiger partial charge < -0.3 is 5.11 Å². The summed E-state index contributed by atoms with van der Waals surface area (Å²) in [4.78, 5) is 11.0. The fraction of sp³-hybridized carbons (Fsp3) is 0.556. The molecule has 0 saturated heterocycles. The molecule has 1 unspecified atom stereocenters. The number of hydrogen-bond donors (Lipinski definition) is 2. The molecule has 2 rings (SSSR count). The summed E-state index contributed by atoms with van der Waals surface area (Å²) in [6.45, 7) is 2.01. The first kappa shape index (κ1) is 12.1. The molecule has 8 heteroatoms. The zero-order valence-corrected chi connectivity index (χ0v) is 10.3. The molecule has 1 atom stereocenters. The second-order valence-electron chi connectivity index (χ2n) is 3.92. The summed E-state index contributed by atoms with van der Waals surface area (Å²) >= 11 is 0. The molecule has 0 fully saturated rings. The Kier molecular flexibility index (Phi) is 2.70. The van der Waals surface area contributed by atoms with Crippen molar-refractivity contribution in [1.82, 2.24) is 14.5 Å². The highest BCUT2D eigenvalue weighted by Crippen LogP contribution is 2.29. The van der Waals surface area contributed by atoms with Crippen LogP contribution in [0.3, 0.4) is 0 Å². The smallest absolute Gasteiger partial charge is 0.325 e. The number of aryl methyl sites for hydroxylation is 1. The molecule has 17 heavy (non-hydrogen) atoms.